The fraction of sp³-hybridized carbons (Fsp3) is 0. The van der Waals surface area contributed by atoms with Crippen LogP contribution in [0.2, 0.25) is 5.02 Å². The summed E-state index contributed by atoms with van der Waals surface area (Å²) in [5.41, 5.74) is 0.512. The maximum Gasteiger partial charge on any atom is 0.143 e. The lowest BCUT2D eigenvalue weighted by Crippen LogP contribution is -1.98. The fourth-order valence-electron chi connectivity index (χ4n) is 1.02. The van der Waals surface area contributed by atoms with Gasteiger partial charge in [-0.1, -0.05) is 11.6 Å². The van der Waals surface area contributed by atoms with Crippen LogP contribution in [0.25, 0.3) is 5.69 Å². The van der Waals surface area contributed by atoms with E-state index in [4.69, 9.17) is 11.6 Å². The highest BCUT2D eigenvalue weighted by atomic mass is 79.9. The number of benzene rings is 1. The smallest absolute Gasteiger partial charge is 0.143 e. The molecule has 72 valence electrons. The Morgan fingerprint density at radius 1 is 1.43 bits per heavy atom. The van der Waals surface area contributed by atoms with Gasteiger partial charge in [-0.2, -0.15) is 4.68 Å². The summed E-state index contributed by atoms with van der Waals surface area (Å²) in [5, 5.41) is 10.8. The van der Waals surface area contributed by atoms with E-state index >= 15 is 0 Å². The van der Waals surface area contributed by atoms with Gasteiger partial charge in [-0.15, -0.1) is 5.10 Å². The molecule has 0 aliphatic carbocycles. The lowest BCUT2D eigenvalue weighted by Gasteiger charge is -2.05. The average Bonchev–Trinajstić information content (AvgIpc) is 2.54. The van der Waals surface area contributed by atoms with Gasteiger partial charge in [0, 0.05) is 4.47 Å². The molecule has 2 aromatic rings. The third-order valence-electron chi connectivity index (χ3n) is 1.56. The van der Waals surface area contributed by atoms with Crippen LogP contribution in [0.15, 0.2) is 22.9 Å². The van der Waals surface area contributed by atoms with E-state index in [1.54, 1.807) is 0 Å². The maximum atomic E-state index is 12.9. The summed E-state index contributed by atoms with van der Waals surface area (Å²) < 4.78 is 14.7. The van der Waals surface area contributed by atoms with Crippen molar-refractivity contribution >= 4 is 27.5 Å². The quantitative estimate of drug-likeness (QED) is 0.803. The van der Waals surface area contributed by atoms with E-state index in [2.05, 4.69) is 31.5 Å². The van der Waals surface area contributed by atoms with Crippen LogP contribution in [-0.2, 0) is 0 Å². The fourth-order valence-corrected chi connectivity index (χ4v) is 2.04. The summed E-state index contributed by atoms with van der Waals surface area (Å²) >= 11 is 9.02. The molecule has 0 unspecified atom stereocenters. The van der Waals surface area contributed by atoms with Gasteiger partial charge in [-0.25, -0.2) is 4.39 Å². The van der Waals surface area contributed by atoms with Gasteiger partial charge in [-0.3, -0.25) is 0 Å². The Hall–Kier alpha value is -1.01. The maximum absolute atomic E-state index is 12.9. The number of hydrogen-bond donors (Lipinski definition) is 0. The molecule has 14 heavy (non-hydrogen) atoms. The molecule has 0 bridgehead atoms. The predicted octanol–water partition coefficient (Wildman–Crippen LogP) is 2.22. The molecule has 0 radical (unpaired) electrons. The molecule has 0 spiro atoms. The van der Waals surface area contributed by atoms with Gasteiger partial charge in [0.05, 0.1) is 5.02 Å². The van der Waals surface area contributed by atoms with Gasteiger partial charge >= 0.3 is 0 Å². The van der Waals surface area contributed by atoms with Crippen LogP contribution >= 0.6 is 27.5 Å². The Kier molecular flexibility index (Phi) is 2.47. The summed E-state index contributed by atoms with van der Waals surface area (Å²) in [6.07, 6.45) is 1.38. The minimum atomic E-state index is -0.418. The zero-order valence-corrected chi connectivity index (χ0v) is 9.00. The lowest BCUT2D eigenvalue weighted by molar-refractivity contribution is 0.625. The molecule has 1 aromatic heterocycles. The van der Waals surface area contributed by atoms with Gasteiger partial charge < -0.3 is 0 Å². The average molecular weight is 277 g/mol. The van der Waals surface area contributed by atoms with E-state index in [9.17, 15) is 4.39 Å². The van der Waals surface area contributed by atoms with Gasteiger partial charge in [0.1, 0.15) is 17.8 Å². The third kappa shape index (κ3) is 1.62. The van der Waals surface area contributed by atoms with Crippen LogP contribution in [0.5, 0.6) is 0 Å². The van der Waals surface area contributed by atoms with Crippen molar-refractivity contribution in [2.45, 2.75) is 0 Å². The predicted molar refractivity (Wildman–Crippen MR) is 51.8 cm³/mol. The largest absolute Gasteiger partial charge is 0.207 e. The summed E-state index contributed by atoms with van der Waals surface area (Å²) in [5.74, 6) is -0.418. The van der Waals surface area contributed by atoms with Crippen LogP contribution in [-0.4, -0.2) is 20.2 Å². The molecule has 0 N–H and O–H groups in total. The molecular formula is C7H3BrClFN4. The van der Waals surface area contributed by atoms with Gasteiger partial charge in [0.25, 0.3) is 0 Å². The van der Waals surface area contributed by atoms with E-state index in [1.165, 1.54) is 23.1 Å². The van der Waals surface area contributed by atoms with Crippen molar-refractivity contribution in [3.05, 3.63) is 33.8 Å². The molecule has 0 amide bonds. The second kappa shape index (κ2) is 3.62. The van der Waals surface area contributed by atoms with E-state index in [0.29, 0.717) is 10.2 Å². The molecule has 1 heterocycles. The van der Waals surface area contributed by atoms with Crippen molar-refractivity contribution in [1.29, 1.82) is 0 Å². The normalized spacial score (nSPS) is 10.5. The molecule has 0 aliphatic heterocycles. The highest BCUT2D eigenvalue weighted by molar-refractivity contribution is 9.10. The Morgan fingerprint density at radius 3 is 2.79 bits per heavy atom. The zero-order valence-electron chi connectivity index (χ0n) is 6.65. The second-order valence-corrected chi connectivity index (χ2v) is 3.73. The van der Waals surface area contributed by atoms with Crippen LogP contribution in [0.4, 0.5) is 4.39 Å². The number of nitrogens with zero attached hydrogens (tertiary/aromatic N) is 4. The van der Waals surface area contributed by atoms with Crippen molar-refractivity contribution in [1.82, 2.24) is 20.2 Å². The summed E-state index contributed by atoms with van der Waals surface area (Å²) in [6.45, 7) is 0. The molecule has 0 atom stereocenters. The monoisotopic (exact) mass is 276 g/mol. The lowest BCUT2D eigenvalue weighted by atomic mass is 10.3. The molecule has 0 saturated heterocycles. The Balaban J connectivity index is 2.64. The van der Waals surface area contributed by atoms with Crippen molar-refractivity contribution in [2.24, 2.45) is 0 Å². The minimum Gasteiger partial charge on any atom is -0.207 e. The summed E-state index contributed by atoms with van der Waals surface area (Å²) in [4.78, 5) is 0. The minimum absolute atomic E-state index is 0.240. The van der Waals surface area contributed by atoms with Crippen LogP contribution in [0.3, 0.4) is 0 Å². The Bertz CT molecular complexity index is 436. The standard InChI is InChI=1S/C7H3BrClFN4/c8-5-1-4(10)2-6(9)7(5)14-3-11-12-13-14/h1-3H. The van der Waals surface area contributed by atoms with Crippen LogP contribution in [0.1, 0.15) is 0 Å². The van der Waals surface area contributed by atoms with E-state index in [0.717, 1.165) is 0 Å². The van der Waals surface area contributed by atoms with Gasteiger partial charge in [0.2, 0.25) is 0 Å². The first-order valence-electron chi connectivity index (χ1n) is 3.56. The molecule has 7 heteroatoms. The number of halogens is 3. The molecule has 0 fully saturated rings. The molecule has 0 aliphatic rings. The first-order valence-corrected chi connectivity index (χ1v) is 4.73. The topological polar surface area (TPSA) is 43.6 Å². The molecule has 0 saturated carbocycles. The van der Waals surface area contributed by atoms with Crippen molar-refractivity contribution in [3.63, 3.8) is 0 Å². The molecule has 4 nitrogen and oxygen atoms in total. The first-order chi connectivity index (χ1) is 6.68. The Morgan fingerprint density at radius 2 is 2.21 bits per heavy atom. The SMILES string of the molecule is Fc1cc(Cl)c(-n2cnnn2)c(Br)c1. The van der Waals surface area contributed by atoms with E-state index in [1.807, 2.05) is 0 Å². The second-order valence-electron chi connectivity index (χ2n) is 2.47. The van der Waals surface area contributed by atoms with Gasteiger partial charge in [0.15, 0.2) is 0 Å². The first kappa shape index (κ1) is 9.54. The molecule has 2 rings (SSSR count). The van der Waals surface area contributed by atoms with Crippen LogP contribution in [0, 0.1) is 5.82 Å². The number of rotatable bonds is 1. The van der Waals surface area contributed by atoms with E-state index in [-0.39, 0.29) is 5.02 Å². The van der Waals surface area contributed by atoms with Crippen molar-refractivity contribution in [2.75, 3.05) is 0 Å². The zero-order chi connectivity index (χ0) is 10.1. The highest BCUT2D eigenvalue weighted by Crippen LogP contribution is 2.28. The van der Waals surface area contributed by atoms with Gasteiger partial charge in [-0.05, 0) is 38.5 Å². The molecular weight excluding hydrogens is 274 g/mol. The number of hydrogen-bond acceptors (Lipinski definition) is 3. The number of tetrazole rings is 1. The number of aromatic nitrogens is 4. The highest BCUT2D eigenvalue weighted by Gasteiger charge is 2.10. The Labute approximate surface area is 91.8 Å². The summed E-state index contributed by atoms with van der Waals surface area (Å²) in [7, 11) is 0. The van der Waals surface area contributed by atoms with Crippen molar-refractivity contribution in [3.8, 4) is 5.69 Å². The van der Waals surface area contributed by atoms with Crippen LogP contribution < -0.4 is 0 Å². The third-order valence-corrected chi connectivity index (χ3v) is 2.45. The van der Waals surface area contributed by atoms with E-state index < -0.39 is 5.82 Å². The van der Waals surface area contributed by atoms with Crippen molar-refractivity contribution < 1.29 is 4.39 Å². The molecule has 1 aromatic carbocycles. The summed E-state index contributed by atoms with van der Waals surface area (Å²) in [6, 6.07) is 2.49.